The molecule has 4 N–H and O–H groups in total. The minimum absolute atomic E-state index is 0.0657. The number of carbonyl (C=O) groups excluding carboxylic acids is 1. The molecule has 0 radical (unpaired) electrons. The van der Waals surface area contributed by atoms with Gasteiger partial charge in [0.2, 0.25) is 0 Å². The molecule has 0 aliphatic carbocycles. The topological polar surface area (TPSA) is 67.1 Å². The highest BCUT2D eigenvalue weighted by Gasteiger charge is 2.19. The minimum Gasteiger partial charge on any atom is -0.399 e. The average molecular weight is 263 g/mol. The fraction of sp³-hybridized carbons (Fsp3) is 0.533. The van der Waals surface area contributed by atoms with Crippen LogP contribution in [0.4, 0.5) is 11.4 Å². The van der Waals surface area contributed by atoms with Crippen molar-refractivity contribution < 1.29 is 4.79 Å². The highest BCUT2D eigenvalue weighted by atomic mass is 16.1. The SMILES string of the molecule is CCCC(C)(C)Nc1cc(N)ccc1C(=O)NCC. The van der Waals surface area contributed by atoms with E-state index in [9.17, 15) is 4.79 Å². The Morgan fingerprint density at radius 1 is 1.32 bits per heavy atom. The minimum atomic E-state index is -0.0719. The number of hydrogen-bond donors (Lipinski definition) is 3. The van der Waals surface area contributed by atoms with E-state index in [-0.39, 0.29) is 11.4 Å². The zero-order valence-corrected chi connectivity index (χ0v) is 12.3. The van der Waals surface area contributed by atoms with Crippen molar-refractivity contribution >= 4 is 17.3 Å². The van der Waals surface area contributed by atoms with Crippen LogP contribution in [0.2, 0.25) is 0 Å². The first kappa shape index (κ1) is 15.3. The zero-order valence-electron chi connectivity index (χ0n) is 12.3. The normalized spacial score (nSPS) is 11.2. The molecule has 19 heavy (non-hydrogen) atoms. The number of anilines is 2. The number of nitrogen functional groups attached to an aromatic ring is 1. The molecule has 4 nitrogen and oxygen atoms in total. The first-order chi connectivity index (χ1) is 8.89. The van der Waals surface area contributed by atoms with Crippen LogP contribution in [-0.2, 0) is 0 Å². The molecule has 1 rings (SSSR count). The second-order valence-electron chi connectivity index (χ2n) is 5.42. The molecule has 0 bridgehead atoms. The van der Waals surface area contributed by atoms with Gasteiger partial charge in [-0.1, -0.05) is 13.3 Å². The summed E-state index contributed by atoms with van der Waals surface area (Å²) in [6, 6.07) is 5.34. The summed E-state index contributed by atoms with van der Waals surface area (Å²) in [6.07, 6.45) is 2.11. The van der Waals surface area contributed by atoms with Crippen molar-refractivity contribution in [3.8, 4) is 0 Å². The smallest absolute Gasteiger partial charge is 0.253 e. The number of rotatable bonds is 6. The molecule has 0 fully saturated rings. The van der Waals surface area contributed by atoms with E-state index in [1.165, 1.54) is 0 Å². The molecule has 0 heterocycles. The fourth-order valence-electron chi connectivity index (χ4n) is 2.17. The summed E-state index contributed by atoms with van der Waals surface area (Å²) in [7, 11) is 0. The van der Waals surface area contributed by atoms with E-state index in [0.29, 0.717) is 17.8 Å². The van der Waals surface area contributed by atoms with Crippen LogP contribution in [-0.4, -0.2) is 18.0 Å². The van der Waals surface area contributed by atoms with Crippen LogP contribution in [0.5, 0.6) is 0 Å². The Morgan fingerprint density at radius 3 is 2.58 bits per heavy atom. The van der Waals surface area contributed by atoms with Gasteiger partial charge in [-0.2, -0.15) is 0 Å². The second-order valence-corrected chi connectivity index (χ2v) is 5.42. The second kappa shape index (κ2) is 6.45. The van der Waals surface area contributed by atoms with E-state index in [1.54, 1.807) is 12.1 Å². The van der Waals surface area contributed by atoms with Crippen molar-refractivity contribution in [3.63, 3.8) is 0 Å². The molecule has 0 aliphatic heterocycles. The average Bonchev–Trinajstić information content (AvgIpc) is 2.28. The van der Waals surface area contributed by atoms with Gasteiger partial charge in [-0.25, -0.2) is 0 Å². The van der Waals surface area contributed by atoms with Crippen molar-refractivity contribution in [1.29, 1.82) is 0 Å². The van der Waals surface area contributed by atoms with E-state index in [1.807, 2.05) is 13.0 Å². The van der Waals surface area contributed by atoms with Gasteiger partial charge in [0.25, 0.3) is 5.91 Å². The monoisotopic (exact) mass is 263 g/mol. The maximum atomic E-state index is 12.0. The molecule has 0 saturated heterocycles. The van der Waals surface area contributed by atoms with Crippen molar-refractivity contribution in [2.45, 2.75) is 46.1 Å². The Bertz CT molecular complexity index is 441. The van der Waals surface area contributed by atoms with E-state index in [4.69, 9.17) is 5.73 Å². The largest absolute Gasteiger partial charge is 0.399 e. The van der Waals surface area contributed by atoms with Gasteiger partial charge in [-0.3, -0.25) is 4.79 Å². The third kappa shape index (κ3) is 4.47. The number of nitrogens with two attached hydrogens (primary N) is 1. The van der Waals surface area contributed by atoms with Gasteiger partial charge < -0.3 is 16.4 Å². The summed E-state index contributed by atoms with van der Waals surface area (Å²) in [5, 5.41) is 6.25. The standard InChI is InChI=1S/C15H25N3O/c1-5-9-15(3,4)18-13-10-11(16)7-8-12(13)14(19)17-6-2/h7-8,10,18H,5-6,9,16H2,1-4H3,(H,17,19). The van der Waals surface area contributed by atoms with Crippen molar-refractivity contribution in [1.82, 2.24) is 5.32 Å². The molecule has 0 aliphatic rings. The molecule has 0 unspecified atom stereocenters. The van der Waals surface area contributed by atoms with Gasteiger partial charge in [0.15, 0.2) is 0 Å². The molecule has 1 aromatic rings. The molecule has 4 heteroatoms. The zero-order chi connectivity index (χ0) is 14.5. The maximum Gasteiger partial charge on any atom is 0.253 e. The molecular weight excluding hydrogens is 238 g/mol. The lowest BCUT2D eigenvalue weighted by atomic mass is 9.97. The number of hydrogen-bond acceptors (Lipinski definition) is 3. The van der Waals surface area contributed by atoms with Gasteiger partial charge in [0.1, 0.15) is 0 Å². The first-order valence-electron chi connectivity index (χ1n) is 6.85. The number of nitrogens with one attached hydrogen (secondary N) is 2. The summed E-state index contributed by atoms with van der Waals surface area (Å²) in [4.78, 5) is 12.0. The highest BCUT2D eigenvalue weighted by Crippen LogP contribution is 2.25. The van der Waals surface area contributed by atoms with Gasteiger partial charge >= 0.3 is 0 Å². The quantitative estimate of drug-likeness (QED) is 0.691. The van der Waals surface area contributed by atoms with Crippen molar-refractivity contribution in [2.24, 2.45) is 0 Å². The summed E-state index contributed by atoms with van der Waals surface area (Å²) in [5.74, 6) is -0.0719. The molecule has 1 aromatic carbocycles. The molecule has 106 valence electrons. The summed E-state index contributed by atoms with van der Waals surface area (Å²) >= 11 is 0. The van der Waals surface area contributed by atoms with E-state index in [0.717, 1.165) is 18.5 Å². The Kier molecular flexibility index (Phi) is 5.21. The van der Waals surface area contributed by atoms with Gasteiger partial charge in [-0.05, 0) is 45.4 Å². The predicted octanol–water partition coefficient (Wildman–Crippen LogP) is 3.01. The van der Waals surface area contributed by atoms with Gasteiger partial charge in [0.05, 0.1) is 5.56 Å². The van der Waals surface area contributed by atoms with Crippen LogP contribution in [0.15, 0.2) is 18.2 Å². The Balaban J connectivity index is 3.04. The van der Waals surface area contributed by atoms with Crippen LogP contribution < -0.4 is 16.4 Å². The molecule has 1 amide bonds. The Labute approximate surface area is 115 Å². The lowest BCUT2D eigenvalue weighted by Gasteiger charge is -2.28. The molecule has 0 saturated carbocycles. The summed E-state index contributed by atoms with van der Waals surface area (Å²) < 4.78 is 0. The lowest BCUT2D eigenvalue weighted by Crippen LogP contribution is -2.32. The summed E-state index contributed by atoms with van der Waals surface area (Å²) in [5.41, 5.74) is 7.85. The van der Waals surface area contributed by atoms with Crippen LogP contribution in [0, 0.1) is 0 Å². The van der Waals surface area contributed by atoms with Crippen molar-refractivity contribution in [2.75, 3.05) is 17.6 Å². The van der Waals surface area contributed by atoms with E-state index in [2.05, 4.69) is 31.4 Å². The highest BCUT2D eigenvalue weighted by molar-refractivity contribution is 6.00. The van der Waals surface area contributed by atoms with Crippen LogP contribution in [0.1, 0.15) is 50.9 Å². The molecular formula is C15H25N3O. The number of carbonyl (C=O) groups is 1. The third-order valence-electron chi connectivity index (χ3n) is 2.97. The number of amides is 1. The van der Waals surface area contributed by atoms with Crippen LogP contribution in [0.3, 0.4) is 0 Å². The third-order valence-corrected chi connectivity index (χ3v) is 2.97. The van der Waals surface area contributed by atoms with E-state index >= 15 is 0 Å². The molecule has 0 aromatic heterocycles. The number of benzene rings is 1. The Hall–Kier alpha value is -1.71. The van der Waals surface area contributed by atoms with Crippen LogP contribution in [0.25, 0.3) is 0 Å². The lowest BCUT2D eigenvalue weighted by molar-refractivity contribution is 0.0956. The van der Waals surface area contributed by atoms with Gasteiger partial charge in [-0.15, -0.1) is 0 Å². The maximum absolute atomic E-state index is 12.0. The first-order valence-corrected chi connectivity index (χ1v) is 6.85. The van der Waals surface area contributed by atoms with Crippen molar-refractivity contribution in [3.05, 3.63) is 23.8 Å². The molecule has 0 atom stereocenters. The predicted molar refractivity (Wildman–Crippen MR) is 81.5 cm³/mol. The van der Waals surface area contributed by atoms with Crippen LogP contribution >= 0.6 is 0 Å². The molecule has 0 spiro atoms. The van der Waals surface area contributed by atoms with Gasteiger partial charge in [0, 0.05) is 23.5 Å². The summed E-state index contributed by atoms with van der Waals surface area (Å²) in [6.45, 7) is 8.92. The van der Waals surface area contributed by atoms with E-state index < -0.39 is 0 Å². The Morgan fingerprint density at radius 2 is 2.00 bits per heavy atom. The fourth-order valence-corrected chi connectivity index (χ4v) is 2.17.